The van der Waals surface area contributed by atoms with Crippen molar-refractivity contribution in [1.29, 1.82) is 0 Å². The average Bonchev–Trinajstić information content (AvgIpc) is 2.87. The summed E-state index contributed by atoms with van der Waals surface area (Å²) in [6.07, 6.45) is 8.37. The van der Waals surface area contributed by atoms with E-state index >= 15 is 0 Å². The zero-order valence-corrected chi connectivity index (χ0v) is 9.67. The van der Waals surface area contributed by atoms with Gasteiger partial charge in [0.25, 0.3) is 0 Å². The molecule has 0 spiro atoms. The molecule has 2 aromatic heterocycles. The molecule has 0 amide bonds. The fourth-order valence-electron chi connectivity index (χ4n) is 1.83. The van der Waals surface area contributed by atoms with Crippen LogP contribution < -0.4 is 5.73 Å². The minimum Gasteiger partial charge on any atom is -0.336 e. The van der Waals surface area contributed by atoms with E-state index in [9.17, 15) is 0 Å². The van der Waals surface area contributed by atoms with Crippen LogP contribution in [0.25, 0.3) is 0 Å². The van der Waals surface area contributed by atoms with Crippen LogP contribution in [0.5, 0.6) is 0 Å². The molecule has 2 aromatic rings. The van der Waals surface area contributed by atoms with E-state index in [2.05, 4.69) is 21.5 Å². The summed E-state index contributed by atoms with van der Waals surface area (Å²) in [6, 6.07) is -0.214. The van der Waals surface area contributed by atoms with Gasteiger partial charge in [-0.3, -0.25) is 0 Å². The van der Waals surface area contributed by atoms with Crippen LogP contribution in [-0.2, 0) is 13.6 Å². The molecule has 0 bridgehead atoms. The van der Waals surface area contributed by atoms with E-state index in [0.717, 1.165) is 24.5 Å². The first-order chi connectivity index (χ1) is 7.74. The van der Waals surface area contributed by atoms with Gasteiger partial charge in [-0.25, -0.2) is 9.97 Å². The summed E-state index contributed by atoms with van der Waals surface area (Å²) in [5, 5.41) is 0. The Kier molecular flexibility index (Phi) is 3.05. The van der Waals surface area contributed by atoms with Crippen molar-refractivity contribution in [2.75, 3.05) is 0 Å². The Morgan fingerprint density at radius 2 is 2.31 bits per heavy atom. The van der Waals surface area contributed by atoms with Gasteiger partial charge in [-0.15, -0.1) is 0 Å². The third-order valence-corrected chi connectivity index (χ3v) is 2.66. The summed E-state index contributed by atoms with van der Waals surface area (Å²) in [4.78, 5) is 8.40. The molecule has 0 aliphatic carbocycles. The molecule has 0 radical (unpaired) electrons. The molecule has 5 heteroatoms. The summed E-state index contributed by atoms with van der Waals surface area (Å²) in [6.45, 7) is 3.08. The monoisotopic (exact) mass is 219 g/mol. The van der Waals surface area contributed by atoms with Crippen LogP contribution in [0.15, 0.2) is 24.9 Å². The summed E-state index contributed by atoms with van der Waals surface area (Å²) >= 11 is 0. The zero-order chi connectivity index (χ0) is 11.5. The highest BCUT2D eigenvalue weighted by Crippen LogP contribution is 2.17. The van der Waals surface area contributed by atoms with Crippen LogP contribution in [-0.4, -0.2) is 19.1 Å². The van der Waals surface area contributed by atoms with Crippen molar-refractivity contribution in [2.45, 2.75) is 25.9 Å². The molecular weight excluding hydrogens is 202 g/mol. The van der Waals surface area contributed by atoms with Crippen molar-refractivity contribution in [1.82, 2.24) is 19.1 Å². The summed E-state index contributed by atoms with van der Waals surface area (Å²) in [7, 11) is 1.94. The van der Waals surface area contributed by atoms with Gasteiger partial charge < -0.3 is 14.9 Å². The maximum absolute atomic E-state index is 6.19. The minimum atomic E-state index is -0.214. The number of hydrogen-bond donors (Lipinski definition) is 1. The lowest BCUT2D eigenvalue weighted by molar-refractivity contribution is 0.597. The fourth-order valence-corrected chi connectivity index (χ4v) is 1.83. The smallest absolute Gasteiger partial charge is 0.131 e. The molecular formula is C11H17N5. The van der Waals surface area contributed by atoms with Gasteiger partial charge >= 0.3 is 0 Å². The van der Waals surface area contributed by atoms with Gasteiger partial charge in [0, 0.05) is 26.0 Å². The molecule has 86 valence electrons. The Labute approximate surface area is 94.9 Å². The summed E-state index contributed by atoms with van der Waals surface area (Å²) < 4.78 is 4.02. The molecule has 0 aliphatic rings. The van der Waals surface area contributed by atoms with Crippen LogP contribution in [0.4, 0.5) is 0 Å². The Balaban J connectivity index is 2.30. The summed E-state index contributed by atoms with van der Waals surface area (Å²) in [5.74, 6) is 0.894. The van der Waals surface area contributed by atoms with E-state index in [0.29, 0.717) is 0 Å². The van der Waals surface area contributed by atoms with E-state index in [-0.39, 0.29) is 6.04 Å². The second-order valence-corrected chi connectivity index (χ2v) is 3.89. The molecule has 0 saturated carbocycles. The number of aromatic nitrogens is 4. The second-order valence-electron chi connectivity index (χ2n) is 3.89. The van der Waals surface area contributed by atoms with Crippen molar-refractivity contribution in [3.8, 4) is 0 Å². The minimum absolute atomic E-state index is 0.214. The standard InChI is InChI=1S/C11H17N5/c1-3-5-16-6-4-14-11(16)10(12)9-7-13-8-15(9)2/h4,6-8,10H,3,5,12H2,1-2H3. The van der Waals surface area contributed by atoms with Crippen LogP contribution >= 0.6 is 0 Å². The average molecular weight is 219 g/mol. The molecule has 2 N–H and O–H groups in total. The van der Waals surface area contributed by atoms with E-state index < -0.39 is 0 Å². The lowest BCUT2D eigenvalue weighted by atomic mass is 10.2. The lowest BCUT2D eigenvalue weighted by Gasteiger charge is -2.13. The van der Waals surface area contributed by atoms with Crippen molar-refractivity contribution < 1.29 is 0 Å². The number of nitrogens with zero attached hydrogens (tertiary/aromatic N) is 4. The lowest BCUT2D eigenvalue weighted by Crippen LogP contribution is -2.20. The normalized spacial score (nSPS) is 12.9. The molecule has 0 fully saturated rings. The highest BCUT2D eigenvalue weighted by atomic mass is 15.1. The van der Waals surface area contributed by atoms with Gasteiger partial charge in [-0.05, 0) is 6.42 Å². The van der Waals surface area contributed by atoms with Crippen molar-refractivity contribution >= 4 is 0 Å². The first-order valence-electron chi connectivity index (χ1n) is 5.47. The number of rotatable bonds is 4. The maximum Gasteiger partial charge on any atom is 0.131 e. The Bertz CT molecular complexity index is 456. The third kappa shape index (κ3) is 1.86. The second kappa shape index (κ2) is 4.49. The molecule has 0 aliphatic heterocycles. The van der Waals surface area contributed by atoms with Gasteiger partial charge in [0.2, 0.25) is 0 Å². The molecule has 0 saturated heterocycles. The van der Waals surface area contributed by atoms with Crippen LogP contribution in [0.2, 0.25) is 0 Å². The molecule has 1 unspecified atom stereocenters. The van der Waals surface area contributed by atoms with Crippen LogP contribution in [0.3, 0.4) is 0 Å². The van der Waals surface area contributed by atoms with E-state index in [1.807, 2.05) is 17.8 Å². The van der Waals surface area contributed by atoms with Gasteiger partial charge in [0.15, 0.2) is 0 Å². The number of nitrogens with two attached hydrogens (primary N) is 1. The SMILES string of the molecule is CCCn1ccnc1C(N)c1cncn1C. The van der Waals surface area contributed by atoms with E-state index in [1.54, 1.807) is 18.7 Å². The number of hydrogen-bond acceptors (Lipinski definition) is 3. The number of imidazole rings is 2. The van der Waals surface area contributed by atoms with Gasteiger partial charge in [-0.1, -0.05) is 6.92 Å². The van der Waals surface area contributed by atoms with Crippen LogP contribution in [0, 0.1) is 0 Å². The highest BCUT2D eigenvalue weighted by Gasteiger charge is 2.16. The maximum atomic E-state index is 6.19. The Morgan fingerprint density at radius 1 is 1.50 bits per heavy atom. The van der Waals surface area contributed by atoms with Crippen molar-refractivity contribution in [3.63, 3.8) is 0 Å². The van der Waals surface area contributed by atoms with Crippen molar-refractivity contribution in [2.24, 2.45) is 12.8 Å². The molecule has 16 heavy (non-hydrogen) atoms. The predicted molar refractivity (Wildman–Crippen MR) is 61.8 cm³/mol. The molecule has 1 atom stereocenters. The van der Waals surface area contributed by atoms with E-state index in [4.69, 9.17) is 5.73 Å². The molecule has 2 heterocycles. The zero-order valence-electron chi connectivity index (χ0n) is 9.67. The topological polar surface area (TPSA) is 61.7 Å². The van der Waals surface area contributed by atoms with Gasteiger partial charge in [0.05, 0.1) is 18.2 Å². The number of aryl methyl sites for hydroxylation is 2. The Morgan fingerprint density at radius 3 is 2.94 bits per heavy atom. The molecule has 0 aromatic carbocycles. The highest BCUT2D eigenvalue weighted by molar-refractivity contribution is 5.15. The quantitative estimate of drug-likeness (QED) is 0.836. The summed E-state index contributed by atoms with van der Waals surface area (Å²) in [5.41, 5.74) is 7.17. The van der Waals surface area contributed by atoms with Crippen LogP contribution in [0.1, 0.15) is 30.9 Å². The fraction of sp³-hybridized carbons (Fsp3) is 0.455. The first kappa shape index (κ1) is 10.9. The van der Waals surface area contributed by atoms with E-state index in [1.165, 1.54) is 0 Å². The predicted octanol–water partition coefficient (Wildman–Crippen LogP) is 1.07. The Hall–Kier alpha value is -1.62. The van der Waals surface area contributed by atoms with Gasteiger partial charge in [0.1, 0.15) is 11.9 Å². The van der Waals surface area contributed by atoms with Crippen molar-refractivity contribution in [3.05, 3.63) is 36.4 Å². The third-order valence-electron chi connectivity index (χ3n) is 2.66. The largest absolute Gasteiger partial charge is 0.336 e. The molecule has 2 rings (SSSR count). The van der Waals surface area contributed by atoms with Gasteiger partial charge in [-0.2, -0.15) is 0 Å². The first-order valence-corrected chi connectivity index (χ1v) is 5.47. The molecule has 5 nitrogen and oxygen atoms in total.